The molecule has 146 valence electrons. The maximum absolute atomic E-state index is 12.8. The summed E-state index contributed by atoms with van der Waals surface area (Å²) in [4.78, 5) is 12.8. The lowest BCUT2D eigenvalue weighted by atomic mass is 10.1. The molecule has 7 heteroatoms. The van der Waals surface area contributed by atoms with Crippen molar-refractivity contribution in [3.05, 3.63) is 53.6 Å². The van der Waals surface area contributed by atoms with Crippen molar-refractivity contribution in [1.29, 1.82) is 0 Å². The largest absolute Gasteiger partial charge is 0.495 e. The van der Waals surface area contributed by atoms with Crippen molar-refractivity contribution < 1.29 is 17.9 Å². The van der Waals surface area contributed by atoms with Gasteiger partial charge in [-0.25, -0.2) is 8.42 Å². The number of rotatable bonds is 7. The fourth-order valence-corrected chi connectivity index (χ4v) is 3.99. The van der Waals surface area contributed by atoms with Crippen molar-refractivity contribution in [2.75, 3.05) is 23.0 Å². The number of carbonyl (C=O) groups excluding carboxylic acids is 1. The first-order chi connectivity index (χ1) is 12.7. The zero-order valence-corrected chi connectivity index (χ0v) is 17.1. The average molecular weight is 391 g/mol. The molecular weight excluding hydrogens is 364 g/mol. The van der Waals surface area contributed by atoms with Crippen LogP contribution in [-0.2, 0) is 21.2 Å². The lowest BCUT2D eigenvalue weighted by Gasteiger charge is -2.29. The number of hydrogen-bond acceptors (Lipinski definition) is 4. The normalized spacial score (nSPS) is 12.3. The van der Waals surface area contributed by atoms with E-state index < -0.39 is 22.0 Å². The molecule has 0 aliphatic heterocycles. The molecule has 0 spiro atoms. The molecule has 2 aromatic rings. The Balaban J connectivity index is 2.36. The van der Waals surface area contributed by atoms with Gasteiger partial charge in [-0.15, -0.1) is 0 Å². The van der Waals surface area contributed by atoms with Gasteiger partial charge in [0.1, 0.15) is 11.8 Å². The molecule has 0 aliphatic carbocycles. The smallest absolute Gasteiger partial charge is 0.247 e. The summed E-state index contributed by atoms with van der Waals surface area (Å²) in [5.74, 6) is -0.0359. The summed E-state index contributed by atoms with van der Waals surface area (Å²) in [6.45, 7) is 5.46. The standard InChI is InChI=1S/C20H26N2O4S/c1-6-16-8-10-17(11-9-16)21-20(23)15(3)22(27(5,24)25)18-13-14(2)7-12-19(18)26-4/h7-13,15H,6H2,1-5H3,(H,21,23)/t15-/m0/s1. The Hall–Kier alpha value is -2.54. The van der Waals surface area contributed by atoms with E-state index >= 15 is 0 Å². The van der Waals surface area contributed by atoms with Gasteiger partial charge in [0.25, 0.3) is 0 Å². The predicted molar refractivity (Wildman–Crippen MR) is 109 cm³/mol. The maximum atomic E-state index is 12.8. The number of nitrogens with one attached hydrogen (secondary N) is 1. The number of carbonyl (C=O) groups is 1. The molecule has 0 radical (unpaired) electrons. The monoisotopic (exact) mass is 390 g/mol. The minimum absolute atomic E-state index is 0.337. The second-order valence-electron chi connectivity index (χ2n) is 6.45. The van der Waals surface area contributed by atoms with Crippen LogP contribution in [0.25, 0.3) is 0 Å². The van der Waals surface area contributed by atoms with Gasteiger partial charge < -0.3 is 10.1 Å². The van der Waals surface area contributed by atoms with Crippen molar-refractivity contribution in [2.45, 2.75) is 33.2 Å². The SMILES string of the molecule is CCc1ccc(NC(=O)[C@H](C)N(c2cc(C)ccc2OC)S(C)(=O)=O)cc1. The van der Waals surface area contributed by atoms with E-state index in [1.807, 2.05) is 37.3 Å². The lowest BCUT2D eigenvalue weighted by Crippen LogP contribution is -2.45. The quantitative estimate of drug-likeness (QED) is 0.787. The van der Waals surface area contributed by atoms with Crippen LogP contribution >= 0.6 is 0 Å². The minimum Gasteiger partial charge on any atom is -0.495 e. The Morgan fingerprint density at radius 2 is 1.81 bits per heavy atom. The van der Waals surface area contributed by atoms with Gasteiger partial charge in [0.15, 0.2) is 0 Å². The summed E-state index contributed by atoms with van der Waals surface area (Å²) in [6.07, 6.45) is 1.98. The van der Waals surface area contributed by atoms with Gasteiger partial charge in [0.05, 0.1) is 19.1 Å². The second-order valence-corrected chi connectivity index (χ2v) is 8.31. The topological polar surface area (TPSA) is 75.7 Å². The molecule has 0 bridgehead atoms. The molecule has 0 unspecified atom stereocenters. The Kier molecular flexibility index (Phi) is 6.49. The first kappa shape index (κ1) is 20.8. The number of nitrogens with zero attached hydrogens (tertiary/aromatic N) is 1. The van der Waals surface area contributed by atoms with Crippen molar-refractivity contribution in [2.24, 2.45) is 0 Å². The Labute approximate surface area is 161 Å². The van der Waals surface area contributed by atoms with E-state index in [2.05, 4.69) is 12.2 Å². The molecule has 2 aromatic carbocycles. The Bertz CT molecular complexity index is 908. The van der Waals surface area contributed by atoms with E-state index in [1.165, 1.54) is 7.11 Å². The van der Waals surface area contributed by atoms with Crippen LogP contribution in [0.3, 0.4) is 0 Å². The van der Waals surface area contributed by atoms with Crippen molar-refractivity contribution >= 4 is 27.3 Å². The fraction of sp³-hybridized carbons (Fsp3) is 0.350. The first-order valence-electron chi connectivity index (χ1n) is 8.71. The van der Waals surface area contributed by atoms with Crippen LogP contribution in [0.2, 0.25) is 0 Å². The summed E-state index contributed by atoms with van der Waals surface area (Å²) in [7, 11) is -2.26. The third kappa shape index (κ3) is 5.01. The molecule has 0 fully saturated rings. The van der Waals surface area contributed by atoms with Crippen molar-refractivity contribution in [3.63, 3.8) is 0 Å². The summed E-state index contributed by atoms with van der Waals surface area (Å²) >= 11 is 0. The lowest BCUT2D eigenvalue weighted by molar-refractivity contribution is -0.116. The molecule has 1 atom stereocenters. The van der Waals surface area contributed by atoms with Crippen LogP contribution in [0, 0.1) is 6.92 Å². The summed E-state index contributed by atoms with van der Waals surface area (Å²) in [5, 5.41) is 2.78. The zero-order valence-electron chi connectivity index (χ0n) is 16.3. The molecule has 0 heterocycles. The number of sulfonamides is 1. The summed E-state index contributed by atoms with van der Waals surface area (Å²) in [5.41, 5.74) is 2.98. The predicted octanol–water partition coefficient (Wildman–Crippen LogP) is 3.36. The van der Waals surface area contributed by atoms with Crippen LogP contribution in [0.4, 0.5) is 11.4 Å². The highest BCUT2D eigenvalue weighted by molar-refractivity contribution is 7.92. The molecule has 0 aliphatic rings. The van der Waals surface area contributed by atoms with Gasteiger partial charge >= 0.3 is 0 Å². The van der Waals surface area contributed by atoms with Gasteiger partial charge in [-0.05, 0) is 55.7 Å². The van der Waals surface area contributed by atoms with Gasteiger partial charge in [0, 0.05) is 5.69 Å². The number of hydrogen-bond donors (Lipinski definition) is 1. The van der Waals surface area contributed by atoms with Crippen LogP contribution in [-0.4, -0.2) is 33.7 Å². The Morgan fingerprint density at radius 3 is 2.33 bits per heavy atom. The van der Waals surface area contributed by atoms with Crippen molar-refractivity contribution in [3.8, 4) is 5.75 Å². The Morgan fingerprint density at radius 1 is 1.19 bits per heavy atom. The van der Waals surface area contributed by atoms with Crippen LogP contribution < -0.4 is 14.4 Å². The highest BCUT2D eigenvalue weighted by Gasteiger charge is 2.31. The number of aryl methyl sites for hydroxylation is 2. The first-order valence-corrected chi connectivity index (χ1v) is 10.6. The third-order valence-corrected chi connectivity index (χ3v) is 5.52. The van der Waals surface area contributed by atoms with Crippen LogP contribution in [0.5, 0.6) is 5.75 Å². The highest BCUT2D eigenvalue weighted by atomic mass is 32.2. The summed E-state index contributed by atoms with van der Waals surface area (Å²) < 4.78 is 31.4. The minimum atomic E-state index is -3.72. The number of methoxy groups -OCH3 is 1. The number of amides is 1. The number of benzene rings is 2. The molecule has 0 aromatic heterocycles. The molecule has 27 heavy (non-hydrogen) atoms. The molecule has 2 rings (SSSR count). The molecule has 0 saturated carbocycles. The fourth-order valence-electron chi connectivity index (χ4n) is 2.82. The summed E-state index contributed by atoms with van der Waals surface area (Å²) in [6, 6.07) is 11.7. The molecule has 6 nitrogen and oxygen atoms in total. The van der Waals surface area contributed by atoms with Gasteiger partial charge in [-0.3, -0.25) is 9.10 Å². The van der Waals surface area contributed by atoms with E-state index in [1.54, 1.807) is 19.1 Å². The zero-order chi connectivity index (χ0) is 20.2. The van der Waals surface area contributed by atoms with E-state index in [4.69, 9.17) is 4.74 Å². The molecule has 1 amide bonds. The van der Waals surface area contributed by atoms with E-state index in [0.29, 0.717) is 17.1 Å². The molecular formula is C20H26N2O4S. The van der Waals surface area contributed by atoms with E-state index in [9.17, 15) is 13.2 Å². The number of anilines is 2. The number of ether oxygens (including phenoxy) is 1. The van der Waals surface area contributed by atoms with Crippen LogP contribution in [0.1, 0.15) is 25.0 Å². The maximum Gasteiger partial charge on any atom is 0.247 e. The van der Waals surface area contributed by atoms with Gasteiger partial charge in [0.2, 0.25) is 15.9 Å². The third-order valence-electron chi connectivity index (χ3n) is 4.29. The van der Waals surface area contributed by atoms with Gasteiger partial charge in [-0.2, -0.15) is 0 Å². The van der Waals surface area contributed by atoms with Crippen LogP contribution in [0.15, 0.2) is 42.5 Å². The average Bonchev–Trinajstić information content (AvgIpc) is 2.61. The van der Waals surface area contributed by atoms with Gasteiger partial charge in [-0.1, -0.05) is 25.1 Å². The molecule has 1 N–H and O–H groups in total. The van der Waals surface area contributed by atoms with E-state index in [-0.39, 0.29) is 0 Å². The van der Waals surface area contributed by atoms with E-state index in [0.717, 1.165) is 28.1 Å². The highest BCUT2D eigenvalue weighted by Crippen LogP contribution is 2.32. The second kappa shape index (κ2) is 8.43. The van der Waals surface area contributed by atoms with Crippen molar-refractivity contribution in [1.82, 2.24) is 0 Å². The molecule has 0 saturated heterocycles.